The maximum atomic E-state index is 14.5. The van der Waals surface area contributed by atoms with Gasteiger partial charge in [0.2, 0.25) is 17.6 Å². The van der Waals surface area contributed by atoms with Crippen molar-refractivity contribution >= 4 is 52.8 Å². The minimum Gasteiger partial charge on any atom is -0.344 e. The molecule has 0 radical (unpaired) electrons. The van der Waals surface area contributed by atoms with Gasteiger partial charge in [0.15, 0.2) is 0 Å². The fourth-order valence-electron chi connectivity index (χ4n) is 3.45. The normalized spacial score (nSPS) is 13.5. The lowest BCUT2D eigenvalue weighted by Crippen LogP contribution is -2.59. The Kier molecular flexibility index (Phi) is 11.8. The lowest BCUT2D eigenvalue weighted by molar-refractivity contribution is -0.165. The summed E-state index contributed by atoms with van der Waals surface area (Å²) in [4.78, 5) is 50.2. The summed E-state index contributed by atoms with van der Waals surface area (Å²) in [6.45, 7) is 0.503. The van der Waals surface area contributed by atoms with Crippen molar-refractivity contribution in [3.8, 4) is 0 Å². The molecule has 3 amide bonds. The van der Waals surface area contributed by atoms with E-state index in [1.165, 1.54) is 32.1 Å². The predicted molar refractivity (Wildman–Crippen MR) is 143 cm³/mol. The summed E-state index contributed by atoms with van der Waals surface area (Å²) in [5.41, 5.74) is 1.08. The van der Waals surface area contributed by atoms with E-state index < -0.39 is 60.1 Å². The van der Waals surface area contributed by atoms with Gasteiger partial charge in [-0.2, -0.15) is 22.0 Å². The first kappa shape index (κ1) is 33.7. The average Bonchev–Trinajstić information content (AvgIpc) is 2.90. The molecule has 41 heavy (non-hydrogen) atoms. The van der Waals surface area contributed by atoms with E-state index in [9.17, 15) is 41.1 Å². The number of benzene rings is 2. The molecule has 0 heterocycles. The Balaban J connectivity index is 2.25. The van der Waals surface area contributed by atoms with Crippen molar-refractivity contribution < 1.29 is 41.1 Å². The molecule has 0 aliphatic carbocycles. The Bertz CT molecular complexity index is 1290. The highest BCUT2D eigenvalue weighted by molar-refractivity contribution is 6.42. The molecule has 2 aromatic carbocycles. The quantitative estimate of drug-likeness (QED) is 0.181. The summed E-state index contributed by atoms with van der Waals surface area (Å²) in [7, 11) is 0. The Morgan fingerprint density at radius 2 is 1.54 bits per heavy atom. The van der Waals surface area contributed by atoms with Crippen molar-refractivity contribution in [2.75, 3.05) is 6.54 Å². The molecular weight excluding hydrogens is 596 g/mol. The number of nitrogens with one attached hydrogen (secondary N) is 3. The van der Waals surface area contributed by atoms with Crippen molar-refractivity contribution in [2.24, 2.45) is 5.92 Å². The van der Waals surface area contributed by atoms with E-state index in [0.29, 0.717) is 16.1 Å². The van der Waals surface area contributed by atoms with E-state index in [0.717, 1.165) is 11.4 Å². The molecule has 1 unspecified atom stereocenters. The molecule has 0 aliphatic rings. The first-order valence-electron chi connectivity index (χ1n) is 12.1. The van der Waals surface area contributed by atoms with E-state index >= 15 is 0 Å². The number of rotatable bonds is 12. The second kappa shape index (κ2) is 14.4. The third-order valence-corrected chi connectivity index (χ3v) is 6.32. The highest BCUT2D eigenvalue weighted by atomic mass is 35.5. The van der Waals surface area contributed by atoms with Gasteiger partial charge < -0.3 is 16.0 Å². The molecule has 7 nitrogen and oxygen atoms in total. The van der Waals surface area contributed by atoms with Crippen LogP contribution in [-0.4, -0.2) is 54.2 Å². The number of ketones is 1. The van der Waals surface area contributed by atoms with Gasteiger partial charge in [0.25, 0.3) is 5.91 Å². The van der Waals surface area contributed by atoms with Crippen LogP contribution in [0.5, 0.6) is 0 Å². The molecule has 0 spiro atoms. The second-order valence-electron chi connectivity index (χ2n) is 9.22. The van der Waals surface area contributed by atoms with E-state index in [-0.39, 0.29) is 11.4 Å². The summed E-state index contributed by atoms with van der Waals surface area (Å²) in [5, 5.41) is 6.08. The highest BCUT2D eigenvalue weighted by Crippen LogP contribution is 2.24. The number of hydrogen-bond donors (Lipinski definition) is 3. The largest absolute Gasteiger partial charge is 0.405 e. The molecule has 2 rings (SSSR count). The van der Waals surface area contributed by atoms with Crippen LogP contribution in [0, 0.1) is 5.92 Å². The number of amides is 3. The van der Waals surface area contributed by atoms with Crippen LogP contribution in [-0.2, 0) is 25.6 Å². The SMILES string of the molecule is CC(C)[C@H](NC(=O)C(Cc1ccccc1)NC(=O)/C=C/c1ccc(Cl)c(Cl)c1)C(=O)C(F)(F)C(=O)NCC(F)(F)F. The maximum Gasteiger partial charge on any atom is 0.405 e. The first-order chi connectivity index (χ1) is 19.0. The molecule has 14 heteroatoms. The number of hydrogen-bond acceptors (Lipinski definition) is 4. The zero-order valence-electron chi connectivity index (χ0n) is 21.7. The minimum atomic E-state index is -4.99. The number of Topliss-reactive ketones (excluding diaryl/α,β-unsaturated/α-hetero) is 1. The minimum absolute atomic E-state index is 0.111. The van der Waals surface area contributed by atoms with Crippen LogP contribution >= 0.6 is 23.2 Å². The monoisotopic (exact) mass is 621 g/mol. The molecule has 0 bridgehead atoms. The van der Waals surface area contributed by atoms with Crippen molar-refractivity contribution in [1.82, 2.24) is 16.0 Å². The number of halogens is 7. The third-order valence-electron chi connectivity index (χ3n) is 5.58. The Hall–Kier alpha value is -3.51. The zero-order chi connectivity index (χ0) is 31.0. The summed E-state index contributed by atoms with van der Waals surface area (Å²) >= 11 is 11.8. The maximum absolute atomic E-state index is 14.5. The number of alkyl halides is 5. The first-order valence-corrected chi connectivity index (χ1v) is 12.8. The molecule has 2 atom stereocenters. The van der Waals surface area contributed by atoms with E-state index in [1.54, 1.807) is 36.4 Å². The Morgan fingerprint density at radius 1 is 0.902 bits per heavy atom. The van der Waals surface area contributed by atoms with Gasteiger partial charge in [-0.25, -0.2) is 0 Å². The van der Waals surface area contributed by atoms with Gasteiger partial charge in [0.05, 0.1) is 16.1 Å². The lowest BCUT2D eigenvalue weighted by Gasteiger charge is -2.27. The van der Waals surface area contributed by atoms with Gasteiger partial charge in [-0.1, -0.05) is 73.4 Å². The van der Waals surface area contributed by atoms with Gasteiger partial charge in [0.1, 0.15) is 12.6 Å². The lowest BCUT2D eigenvalue weighted by atomic mass is 9.94. The van der Waals surface area contributed by atoms with Crippen molar-refractivity contribution in [3.63, 3.8) is 0 Å². The van der Waals surface area contributed by atoms with Gasteiger partial charge in [-0.15, -0.1) is 0 Å². The Labute approximate surface area is 242 Å². The van der Waals surface area contributed by atoms with E-state index in [1.807, 2.05) is 0 Å². The highest BCUT2D eigenvalue weighted by Gasteiger charge is 2.52. The predicted octanol–water partition coefficient (Wildman–Crippen LogP) is 4.76. The fourth-order valence-corrected chi connectivity index (χ4v) is 3.76. The van der Waals surface area contributed by atoms with Crippen LogP contribution in [0.4, 0.5) is 22.0 Å². The summed E-state index contributed by atoms with van der Waals surface area (Å²) in [6.07, 6.45) is -2.62. The van der Waals surface area contributed by atoms with Gasteiger partial charge in [0, 0.05) is 12.5 Å². The van der Waals surface area contributed by atoms with Crippen LogP contribution in [0.1, 0.15) is 25.0 Å². The van der Waals surface area contributed by atoms with E-state index in [2.05, 4.69) is 10.6 Å². The van der Waals surface area contributed by atoms with Crippen molar-refractivity contribution in [3.05, 3.63) is 75.8 Å². The van der Waals surface area contributed by atoms with Crippen molar-refractivity contribution in [1.29, 1.82) is 0 Å². The van der Waals surface area contributed by atoms with Crippen LogP contribution in [0.25, 0.3) is 6.08 Å². The molecular formula is C27H26Cl2F5N3O4. The van der Waals surface area contributed by atoms with Gasteiger partial charge >= 0.3 is 12.1 Å². The number of carbonyl (C=O) groups is 4. The second-order valence-corrected chi connectivity index (χ2v) is 10.0. The van der Waals surface area contributed by atoms with E-state index in [4.69, 9.17) is 23.2 Å². The van der Waals surface area contributed by atoms with Crippen LogP contribution in [0.2, 0.25) is 10.0 Å². The molecule has 3 N–H and O–H groups in total. The summed E-state index contributed by atoms with van der Waals surface area (Å²) in [6, 6.07) is 9.55. The van der Waals surface area contributed by atoms with Crippen LogP contribution in [0.15, 0.2) is 54.6 Å². The standard InChI is InChI=1S/C27H26Cl2F5N3O4/c1-15(2)22(23(39)27(33,34)25(41)35-14-26(30,31)32)37-24(40)20(13-16-6-4-3-5-7-16)36-21(38)11-9-17-8-10-18(28)19(29)12-17/h3-12,15,20,22H,13-14H2,1-2H3,(H,35,41)(H,36,38)(H,37,40)/b11-9+/t20?,22-/m0/s1. The summed E-state index contributed by atoms with van der Waals surface area (Å²) < 4.78 is 66.2. The molecule has 0 saturated heterocycles. The van der Waals surface area contributed by atoms with Crippen LogP contribution < -0.4 is 16.0 Å². The van der Waals surface area contributed by atoms with Gasteiger partial charge in [-0.3, -0.25) is 19.2 Å². The fraction of sp³-hybridized carbons (Fsp3) is 0.333. The molecule has 222 valence electrons. The van der Waals surface area contributed by atoms with Gasteiger partial charge in [-0.05, 0) is 35.3 Å². The molecule has 0 saturated carbocycles. The molecule has 0 fully saturated rings. The average molecular weight is 622 g/mol. The molecule has 2 aromatic rings. The van der Waals surface area contributed by atoms with Crippen LogP contribution in [0.3, 0.4) is 0 Å². The Morgan fingerprint density at radius 3 is 2.10 bits per heavy atom. The third kappa shape index (κ3) is 10.4. The van der Waals surface area contributed by atoms with Crippen molar-refractivity contribution in [2.45, 2.75) is 44.5 Å². The number of carbonyl (C=O) groups excluding carboxylic acids is 4. The topological polar surface area (TPSA) is 104 Å². The molecule has 0 aromatic heterocycles. The molecule has 0 aliphatic heterocycles. The summed E-state index contributed by atoms with van der Waals surface area (Å²) in [5.74, 6) is -12.2. The zero-order valence-corrected chi connectivity index (χ0v) is 23.2. The smallest absolute Gasteiger partial charge is 0.344 e.